The van der Waals surface area contributed by atoms with Crippen molar-refractivity contribution in [3.8, 4) is 0 Å². The minimum absolute atomic E-state index is 0.0666. The minimum atomic E-state index is -0.771. The number of nitrogens with zero attached hydrogens (tertiary/aromatic N) is 3. The van der Waals surface area contributed by atoms with E-state index in [2.05, 4.69) is 18.2 Å². The van der Waals surface area contributed by atoms with Crippen molar-refractivity contribution in [2.24, 2.45) is 0 Å². The molecule has 0 atom stereocenters. The van der Waals surface area contributed by atoms with Crippen molar-refractivity contribution < 1.29 is 14.4 Å². The molecule has 6 nitrogen and oxygen atoms in total. The summed E-state index contributed by atoms with van der Waals surface area (Å²) in [6, 6.07) is 17.4. The first-order valence-electron chi connectivity index (χ1n) is 8.89. The Hall–Kier alpha value is -3.03. The van der Waals surface area contributed by atoms with Crippen molar-refractivity contribution in [1.82, 2.24) is 14.7 Å². The van der Waals surface area contributed by atoms with Crippen LogP contribution in [0.1, 0.15) is 10.4 Å². The Morgan fingerprint density at radius 1 is 0.893 bits per heavy atom. The molecule has 1 fully saturated rings. The molecule has 0 unspecified atom stereocenters. The van der Waals surface area contributed by atoms with Crippen molar-refractivity contribution in [1.29, 1.82) is 0 Å². The molecule has 0 spiro atoms. The third kappa shape index (κ3) is 3.54. The van der Waals surface area contributed by atoms with Crippen LogP contribution in [0, 0.1) is 0 Å². The third-order valence-corrected chi connectivity index (χ3v) is 5.54. The van der Waals surface area contributed by atoms with Gasteiger partial charge in [-0.2, -0.15) is 0 Å². The molecule has 0 radical (unpaired) electrons. The number of carbonyl (C=O) groups is 3. The zero-order valence-electron chi connectivity index (χ0n) is 15.4. The lowest BCUT2D eigenvalue weighted by molar-refractivity contribution is -0.144. The summed E-state index contributed by atoms with van der Waals surface area (Å²) < 4.78 is 0. The van der Waals surface area contributed by atoms with Crippen LogP contribution < -0.4 is 0 Å². The van der Waals surface area contributed by atoms with Crippen molar-refractivity contribution in [3.05, 3.63) is 70.4 Å². The summed E-state index contributed by atoms with van der Waals surface area (Å²) in [6.07, 6.45) is 0. The highest BCUT2D eigenvalue weighted by molar-refractivity contribution is 7.09. The summed E-state index contributed by atoms with van der Waals surface area (Å²) in [5, 5.41) is 4.17. The molecule has 7 heteroatoms. The van der Waals surface area contributed by atoms with Gasteiger partial charge in [-0.15, -0.1) is 11.3 Å². The maximum Gasteiger partial charge on any atom is 0.335 e. The first-order valence-corrected chi connectivity index (χ1v) is 9.77. The van der Waals surface area contributed by atoms with Gasteiger partial charge < -0.3 is 0 Å². The van der Waals surface area contributed by atoms with E-state index in [4.69, 9.17) is 0 Å². The highest BCUT2D eigenvalue weighted by Crippen LogP contribution is 2.20. The molecule has 2 heterocycles. The van der Waals surface area contributed by atoms with E-state index in [0.29, 0.717) is 6.54 Å². The van der Waals surface area contributed by atoms with Gasteiger partial charge in [-0.3, -0.25) is 19.4 Å². The van der Waals surface area contributed by atoms with Crippen LogP contribution in [0.25, 0.3) is 10.8 Å². The Labute approximate surface area is 166 Å². The highest BCUT2D eigenvalue weighted by atomic mass is 32.1. The lowest BCUT2D eigenvalue weighted by atomic mass is 10.1. The predicted molar refractivity (Wildman–Crippen MR) is 107 cm³/mol. The SMILES string of the molecule is CN(Cc1ccc2ccccc2c1)CN1C(=O)C(=O)N(Cc2cccs2)C1=O. The van der Waals surface area contributed by atoms with Crippen LogP contribution in [-0.4, -0.2) is 46.3 Å². The average molecular weight is 393 g/mol. The standard InChI is InChI=1S/C21H19N3O3S/c1-22(12-15-8-9-16-5-2-3-6-17(16)11-15)14-24-20(26)19(25)23(21(24)27)13-18-7-4-10-28-18/h2-11H,12-14H2,1H3. The first kappa shape index (κ1) is 18.3. The molecule has 1 saturated heterocycles. The molecule has 2 aromatic carbocycles. The quantitative estimate of drug-likeness (QED) is 0.476. The number of fused-ring (bicyclic) bond motifs is 1. The minimum Gasteiger partial charge on any atom is -0.284 e. The van der Waals surface area contributed by atoms with E-state index >= 15 is 0 Å². The number of thiophene rings is 1. The van der Waals surface area contributed by atoms with Gasteiger partial charge in [0.05, 0.1) is 13.2 Å². The van der Waals surface area contributed by atoms with Crippen molar-refractivity contribution in [2.75, 3.05) is 13.7 Å². The Morgan fingerprint density at radius 2 is 1.64 bits per heavy atom. The van der Waals surface area contributed by atoms with E-state index in [1.165, 1.54) is 11.3 Å². The van der Waals surface area contributed by atoms with Gasteiger partial charge in [0.1, 0.15) is 0 Å². The molecular formula is C21H19N3O3S. The molecule has 0 aliphatic carbocycles. The van der Waals surface area contributed by atoms with Crippen LogP contribution in [0.4, 0.5) is 4.79 Å². The van der Waals surface area contributed by atoms with Crippen molar-refractivity contribution in [2.45, 2.75) is 13.1 Å². The van der Waals surface area contributed by atoms with E-state index in [1.807, 2.05) is 53.7 Å². The molecule has 4 rings (SSSR count). The van der Waals surface area contributed by atoms with Crippen LogP contribution >= 0.6 is 11.3 Å². The van der Waals surface area contributed by atoms with Gasteiger partial charge in [0.15, 0.2) is 0 Å². The number of rotatable bonds is 6. The zero-order chi connectivity index (χ0) is 19.7. The van der Waals surface area contributed by atoms with Gasteiger partial charge in [0, 0.05) is 11.4 Å². The average Bonchev–Trinajstić information content (AvgIpc) is 3.27. The van der Waals surface area contributed by atoms with Crippen LogP contribution in [-0.2, 0) is 22.7 Å². The van der Waals surface area contributed by atoms with E-state index in [-0.39, 0.29) is 13.2 Å². The van der Waals surface area contributed by atoms with E-state index in [9.17, 15) is 14.4 Å². The molecule has 1 aliphatic heterocycles. The van der Waals surface area contributed by atoms with E-state index in [1.54, 1.807) is 0 Å². The fourth-order valence-electron chi connectivity index (χ4n) is 3.31. The number of imide groups is 2. The van der Waals surface area contributed by atoms with E-state index in [0.717, 1.165) is 31.0 Å². The summed E-state index contributed by atoms with van der Waals surface area (Å²) in [7, 11) is 1.82. The molecule has 1 aliphatic rings. The fraction of sp³-hybridized carbons (Fsp3) is 0.190. The van der Waals surface area contributed by atoms with Gasteiger partial charge in [0.25, 0.3) is 0 Å². The number of hydrogen-bond donors (Lipinski definition) is 0. The molecule has 142 valence electrons. The lowest BCUT2D eigenvalue weighted by Crippen LogP contribution is -2.40. The Bertz CT molecular complexity index is 1050. The Morgan fingerprint density at radius 3 is 2.39 bits per heavy atom. The van der Waals surface area contributed by atoms with Crippen molar-refractivity contribution >= 4 is 40.0 Å². The first-order chi connectivity index (χ1) is 13.5. The largest absolute Gasteiger partial charge is 0.335 e. The molecule has 28 heavy (non-hydrogen) atoms. The maximum atomic E-state index is 12.6. The summed E-state index contributed by atoms with van der Waals surface area (Å²) in [5.41, 5.74) is 1.07. The molecule has 3 aromatic rings. The maximum absolute atomic E-state index is 12.6. The van der Waals surface area contributed by atoms with Gasteiger partial charge in [-0.05, 0) is 40.9 Å². The number of hydrogen-bond acceptors (Lipinski definition) is 5. The number of benzene rings is 2. The third-order valence-electron chi connectivity index (χ3n) is 4.68. The molecule has 0 N–H and O–H groups in total. The molecule has 0 bridgehead atoms. The highest BCUT2D eigenvalue weighted by Gasteiger charge is 2.44. The van der Waals surface area contributed by atoms with Crippen LogP contribution in [0.2, 0.25) is 0 Å². The predicted octanol–water partition coefficient (Wildman–Crippen LogP) is 3.28. The number of urea groups is 1. The fourth-order valence-corrected chi connectivity index (χ4v) is 4.01. The summed E-state index contributed by atoms with van der Waals surface area (Å²) >= 11 is 1.45. The normalized spacial score (nSPS) is 14.7. The Kier molecular flexibility index (Phi) is 4.93. The summed E-state index contributed by atoms with van der Waals surface area (Å²) in [5.74, 6) is -1.54. The summed E-state index contributed by atoms with van der Waals surface area (Å²) in [4.78, 5) is 41.9. The van der Waals surface area contributed by atoms with Crippen molar-refractivity contribution in [3.63, 3.8) is 0 Å². The van der Waals surface area contributed by atoms with Crippen LogP contribution in [0.3, 0.4) is 0 Å². The van der Waals surface area contributed by atoms with Gasteiger partial charge >= 0.3 is 17.8 Å². The second-order valence-electron chi connectivity index (χ2n) is 6.82. The van der Waals surface area contributed by atoms with E-state index < -0.39 is 17.8 Å². The molecular weight excluding hydrogens is 374 g/mol. The Balaban J connectivity index is 1.44. The van der Waals surface area contributed by atoms with Gasteiger partial charge in [-0.25, -0.2) is 9.69 Å². The molecule has 4 amide bonds. The number of amides is 4. The number of carbonyl (C=O) groups excluding carboxylic acids is 3. The van der Waals surface area contributed by atoms with Crippen LogP contribution in [0.15, 0.2) is 60.0 Å². The summed E-state index contributed by atoms with van der Waals surface area (Å²) in [6.45, 7) is 0.754. The van der Waals surface area contributed by atoms with Gasteiger partial charge in [-0.1, -0.05) is 42.5 Å². The second kappa shape index (κ2) is 7.53. The lowest BCUT2D eigenvalue weighted by Gasteiger charge is -2.22. The second-order valence-corrected chi connectivity index (χ2v) is 7.86. The topological polar surface area (TPSA) is 60.9 Å². The smallest absolute Gasteiger partial charge is 0.284 e. The van der Waals surface area contributed by atoms with Crippen LogP contribution in [0.5, 0.6) is 0 Å². The monoisotopic (exact) mass is 393 g/mol. The molecule has 0 saturated carbocycles. The zero-order valence-corrected chi connectivity index (χ0v) is 16.2. The van der Waals surface area contributed by atoms with Gasteiger partial charge in [0.2, 0.25) is 0 Å². The molecule has 1 aromatic heterocycles.